The van der Waals surface area contributed by atoms with Crippen LogP contribution in [0.4, 0.5) is 11.4 Å². The van der Waals surface area contributed by atoms with Gasteiger partial charge in [0.1, 0.15) is 0 Å². The fourth-order valence-electron chi connectivity index (χ4n) is 2.17. The third-order valence-corrected chi connectivity index (χ3v) is 3.28. The van der Waals surface area contributed by atoms with Crippen LogP contribution in [-0.2, 0) is 11.2 Å². The van der Waals surface area contributed by atoms with E-state index in [-0.39, 0.29) is 0 Å². The van der Waals surface area contributed by atoms with Crippen LogP contribution >= 0.6 is 0 Å². The normalized spacial score (nSPS) is 10.2. The highest BCUT2D eigenvalue weighted by atomic mass is 16.5. The molecule has 2 aromatic rings. The maximum Gasteiger partial charge on any atom is 0.340 e. The quantitative estimate of drug-likeness (QED) is 0.654. The Labute approximate surface area is 124 Å². The molecule has 4 heteroatoms. The van der Waals surface area contributed by atoms with E-state index in [1.807, 2.05) is 6.07 Å². The van der Waals surface area contributed by atoms with Gasteiger partial charge >= 0.3 is 5.97 Å². The minimum absolute atomic E-state index is 0.387. The van der Waals surface area contributed by atoms with Crippen molar-refractivity contribution in [2.75, 3.05) is 24.7 Å². The summed E-state index contributed by atoms with van der Waals surface area (Å²) in [6, 6.07) is 13.7. The van der Waals surface area contributed by atoms with Crippen LogP contribution in [0.5, 0.6) is 0 Å². The smallest absolute Gasteiger partial charge is 0.340 e. The predicted octanol–water partition coefficient (Wildman–Crippen LogP) is 3.02. The SMILES string of the molecule is COC(=O)c1cc(NCCc2cccc(C)c2)ccc1N. The average Bonchev–Trinajstić information content (AvgIpc) is 2.48. The molecule has 0 spiro atoms. The molecule has 21 heavy (non-hydrogen) atoms. The van der Waals surface area contributed by atoms with Gasteiger partial charge in [-0.15, -0.1) is 0 Å². The van der Waals surface area contributed by atoms with Gasteiger partial charge in [0.2, 0.25) is 0 Å². The molecule has 0 heterocycles. The molecule has 0 bridgehead atoms. The summed E-state index contributed by atoms with van der Waals surface area (Å²) in [6.07, 6.45) is 0.916. The second-order valence-corrected chi connectivity index (χ2v) is 4.96. The number of nitrogens with two attached hydrogens (primary N) is 1. The average molecular weight is 284 g/mol. The molecule has 110 valence electrons. The summed E-state index contributed by atoms with van der Waals surface area (Å²) in [6.45, 7) is 2.87. The van der Waals surface area contributed by atoms with Crippen LogP contribution in [0.3, 0.4) is 0 Å². The fourth-order valence-corrected chi connectivity index (χ4v) is 2.17. The molecule has 0 atom stereocenters. The molecule has 0 aliphatic carbocycles. The van der Waals surface area contributed by atoms with Gasteiger partial charge in [0.15, 0.2) is 0 Å². The number of anilines is 2. The van der Waals surface area contributed by atoms with E-state index in [9.17, 15) is 4.79 Å². The number of hydrogen-bond donors (Lipinski definition) is 2. The molecule has 2 rings (SSSR count). The van der Waals surface area contributed by atoms with E-state index in [1.165, 1.54) is 18.2 Å². The molecule has 0 aromatic heterocycles. The number of methoxy groups -OCH3 is 1. The van der Waals surface area contributed by atoms with Gasteiger partial charge < -0.3 is 15.8 Å². The first-order chi connectivity index (χ1) is 10.1. The second-order valence-electron chi connectivity index (χ2n) is 4.96. The zero-order valence-electron chi connectivity index (χ0n) is 12.3. The molecule has 0 radical (unpaired) electrons. The summed E-state index contributed by atoms with van der Waals surface area (Å²) in [5, 5.41) is 3.30. The van der Waals surface area contributed by atoms with Gasteiger partial charge in [-0.05, 0) is 37.1 Å². The molecular weight excluding hydrogens is 264 g/mol. The molecule has 0 amide bonds. The number of hydrogen-bond acceptors (Lipinski definition) is 4. The predicted molar refractivity (Wildman–Crippen MR) is 85.6 cm³/mol. The minimum Gasteiger partial charge on any atom is -0.465 e. The van der Waals surface area contributed by atoms with Crippen molar-refractivity contribution >= 4 is 17.3 Å². The van der Waals surface area contributed by atoms with Crippen LogP contribution in [0.1, 0.15) is 21.5 Å². The van der Waals surface area contributed by atoms with E-state index < -0.39 is 5.97 Å². The fraction of sp³-hybridized carbons (Fsp3) is 0.235. The monoisotopic (exact) mass is 284 g/mol. The van der Waals surface area contributed by atoms with Gasteiger partial charge in [-0.25, -0.2) is 4.79 Å². The number of esters is 1. The van der Waals surface area contributed by atoms with E-state index >= 15 is 0 Å². The van der Waals surface area contributed by atoms with E-state index in [2.05, 4.69) is 36.5 Å². The summed E-state index contributed by atoms with van der Waals surface area (Å²) in [4.78, 5) is 11.6. The van der Waals surface area contributed by atoms with Gasteiger partial charge in [-0.1, -0.05) is 29.8 Å². The van der Waals surface area contributed by atoms with Crippen molar-refractivity contribution in [3.63, 3.8) is 0 Å². The Kier molecular flexibility index (Phi) is 4.82. The summed E-state index contributed by atoms with van der Waals surface area (Å²) in [5.74, 6) is -0.421. The lowest BCUT2D eigenvalue weighted by atomic mass is 10.1. The molecule has 4 nitrogen and oxygen atoms in total. The Morgan fingerprint density at radius 1 is 1.24 bits per heavy atom. The van der Waals surface area contributed by atoms with Crippen LogP contribution in [-0.4, -0.2) is 19.6 Å². The van der Waals surface area contributed by atoms with Crippen LogP contribution in [0.25, 0.3) is 0 Å². The molecule has 0 aliphatic rings. The number of nitrogen functional groups attached to an aromatic ring is 1. The standard InChI is InChI=1S/C17H20N2O2/c1-12-4-3-5-13(10-12)8-9-19-14-6-7-16(18)15(11-14)17(20)21-2/h3-7,10-11,19H,8-9,18H2,1-2H3. The number of nitrogens with one attached hydrogen (secondary N) is 1. The minimum atomic E-state index is -0.421. The van der Waals surface area contributed by atoms with Gasteiger partial charge in [-0.2, -0.15) is 0 Å². The van der Waals surface area contributed by atoms with E-state index in [0.717, 1.165) is 18.7 Å². The van der Waals surface area contributed by atoms with Crippen LogP contribution < -0.4 is 11.1 Å². The van der Waals surface area contributed by atoms with E-state index in [4.69, 9.17) is 10.5 Å². The van der Waals surface area contributed by atoms with Crippen molar-refractivity contribution in [3.8, 4) is 0 Å². The number of rotatable bonds is 5. The largest absolute Gasteiger partial charge is 0.465 e. The van der Waals surface area contributed by atoms with Crippen LogP contribution in [0.15, 0.2) is 42.5 Å². The number of carbonyl (C=O) groups is 1. The molecular formula is C17H20N2O2. The summed E-state index contributed by atoms with van der Waals surface area (Å²) < 4.78 is 4.71. The maximum absolute atomic E-state index is 11.6. The first-order valence-corrected chi connectivity index (χ1v) is 6.87. The zero-order valence-corrected chi connectivity index (χ0v) is 12.3. The molecule has 0 saturated heterocycles. The number of carbonyl (C=O) groups excluding carboxylic acids is 1. The van der Waals surface area contributed by atoms with Gasteiger partial charge in [0.05, 0.1) is 12.7 Å². The third-order valence-electron chi connectivity index (χ3n) is 3.28. The molecule has 0 fully saturated rings. The summed E-state index contributed by atoms with van der Waals surface area (Å²) in [7, 11) is 1.35. The Bertz CT molecular complexity index is 638. The maximum atomic E-state index is 11.6. The molecule has 0 saturated carbocycles. The first kappa shape index (κ1) is 14.9. The lowest BCUT2D eigenvalue weighted by Crippen LogP contribution is -2.09. The third kappa shape index (κ3) is 3.99. The highest BCUT2D eigenvalue weighted by Gasteiger charge is 2.10. The van der Waals surface area contributed by atoms with Crippen molar-refractivity contribution in [2.45, 2.75) is 13.3 Å². The van der Waals surface area contributed by atoms with Crippen molar-refractivity contribution in [2.24, 2.45) is 0 Å². The Morgan fingerprint density at radius 2 is 2.05 bits per heavy atom. The zero-order chi connectivity index (χ0) is 15.2. The van der Waals surface area contributed by atoms with E-state index in [0.29, 0.717) is 11.3 Å². The summed E-state index contributed by atoms with van der Waals surface area (Å²) in [5.41, 5.74) is 9.98. The Morgan fingerprint density at radius 3 is 2.76 bits per heavy atom. The topological polar surface area (TPSA) is 64.3 Å². The molecule has 0 unspecified atom stereocenters. The van der Waals surface area contributed by atoms with Crippen LogP contribution in [0.2, 0.25) is 0 Å². The first-order valence-electron chi connectivity index (χ1n) is 6.87. The number of ether oxygens (including phenoxy) is 1. The molecule has 3 N–H and O–H groups in total. The van der Waals surface area contributed by atoms with Gasteiger partial charge in [-0.3, -0.25) is 0 Å². The highest BCUT2D eigenvalue weighted by Crippen LogP contribution is 2.18. The number of benzene rings is 2. The Hall–Kier alpha value is -2.49. The van der Waals surface area contributed by atoms with Crippen molar-refractivity contribution in [1.29, 1.82) is 0 Å². The van der Waals surface area contributed by atoms with E-state index in [1.54, 1.807) is 12.1 Å². The van der Waals surface area contributed by atoms with Gasteiger partial charge in [0, 0.05) is 17.9 Å². The van der Waals surface area contributed by atoms with Crippen molar-refractivity contribution < 1.29 is 9.53 Å². The summed E-state index contributed by atoms with van der Waals surface area (Å²) >= 11 is 0. The van der Waals surface area contributed by atoms with Crippen LogP contribution in [0, 0.1) is 6.92 Å². The Balaban J connectivity index is 1.99. The highest BCUT2D eigenvalue weighted by molar-refractivity contribution is 5.96. The molecule has 0 aliphatic heterocycles. The van der Waals surface area contributed by atoms with Crippen molar-refractivity contribution in [3.05, 3.63) is 59.2 Å². The lowest BCUT2D eigenvalue weighted by Gasteiger charge is -2.10. The number of aryl methyl sites for hydroxylation is 1. The molecule has 2 aromatic carbocycles. The van der Waals surface area contributed by atoms with Gasteiger partial charge in [0.25, 0.3) is 0 Å². The second kappa shape index (κ2) is 6.79. The lowest BCUT2D eigenvalue weighted by molar-refractivity contribution is 0.0602. The van der Waals surface area contributed by atoms with Crippen molar-refractivity contribution in [1.82, 2.24) is 0 Å².